The zero-order valence-electron chi connectivity index (χ0n) is 16.8. The van der Waals surface area contributed by atoms with E-state index in [0.29, 0.717) is 40.5 Å². The number of imidazole rings is 1. The topological polar surface area (TPSA) is 70.9 Å². The van der Waals surface area contributed by atoms with Crippen LogP contribution in [0.1, 0.15) is 17.0 Å². The first-order chi connectivity index (χ1) is 15.5. The quantitative estimate of drug-likeness (QED) is 0.190. The Bertz CT molecular complexity index is 1360. The molecule has 1 aromatic heterocycles. The minimum atomic E-state index is -0.365. The summed E-state index contributed by atoms with van der Waals surface area (Å²) in [5.41, 5.74) is 3.27. The Labute approximate surface area is 211 Å². The van der Waals surface area contributed by atoms with Gasteiger partial charge in [0, 0.05) is 3.57 Å². The van der Waals surface area contributed by atoms with Crippen LogP contribution in [0.5, 0.6) is 11.5 Å². The molecule has 0 aliphatic carbocycles. The third-order valence-corrected chi connectivity index (χ3v) is 6.20. The summed E-state index contributed by atoms with van der Waals surface area (Å²) >= 11 is 4.45. The minimum absolute atomic E-state index is 0.326. The van der Waals surface area contributed by atoms with Gasteiger partial charge in [-0.2, -0.15) is 5.26 Å². The van der Waals surface area contributed by atoms with Crippen LogP contribution in [0, 0.1) is 24.3 Å². The van der Waals surface area contributed by atoms with Gasteiger partial charge in [-0.05, 0) is 105 Å². The lowest BCUT2D eigenvalue weighted by Crippen LogP contribution is -2.00. The fourth-order valence-corrected chi connectivity index (χ4v) is 4.27. The molecule has 160 valence electrons. The molecule has 0 aliphatic heterocycles. The molecule has 0 spiro atoms. The maximum Gasteiger partial charge on any atom is 0.174 e. The van der Waals surface area contributed by atoms with Crippen LogP contribution < -0.4 is 9.47 Å². The minimum Gasteiger partial charge on any atom is -0.493 e. The summed E-state index contributed by atoms with van der Waals surface area (Å²) in [6.07, 6.45) is 1.71. The average molecular weight is 651 g/mol. The Hall–Kier alpha value is -2.65. The number of H-pyrrole nitrogens is 1. The summed E-state index contributed by atoms with van der Waals surface area (Å²) in [7, 11) is 1.58. The Kier molecular flexibility index (Phi) is 6.95. The number of nitrogens with zero attached hydrogens (tertiary/aromatic N) is 2. The van der Waals surface area contributed by atoms with Crippen molar-refractivity contribution in [2.45, 2.75) is 6.61 Å². The number of nitriles is 1. The highest BCUT2D eigenvalue weighted by molar-refractivity contribution is 14.1. The molecule has 32 heavy (non-hydrogen) atoms. The molecule has 0 fully saturated rings. The first-order valence-electron chi connectivity index (χ1n) is 9.49. The molecule has 1 heterocycles. The van der Waals surface area contributed by atoms with Crippen molar-refractivity contribution in [3.05, 3.63) is 84.5 Å². The summed E-state index contributed by atoms with van der Waals surface area (Å²) < 4.78 is 27.1. The summed E-state index contributed by atoms with van der Waals surface area (Å²) in [5.74, 6) is 1.22. The van der Waals surface area contributed by atoms with Gasteiger partial charge in [-0.15, -0.1) is 0 Å². The number of hydrogen-bond donors (Lipinski definition) is 1. The SMILES string of the molecule is COc1cc(/C=C(/C#N)c2nc3ccc(F)cc3[nH]2)cc(I)c1OCc1ccc(I)cc1. The second-order valence-corrected chi connectivity index (χ2v) is 9.27. The summed E-state index contributed by atoms with van der Waals surface area (Å²) in [6, 6.07) is 18.3. The van der Waals surface area contributed by atoms with Crippen molar-refractivity contribution < 1.29 is 13.9 Å². The van der Waals surface area contributed by atoms with E-state index in [-0.39, 0.29) is 5.82 Å². The monoisotopic (exact) mass is 651 g/mol. The van der Waals surface area contributed by atoms with Crippen LogP contribution in [-0.4, -0.2) is 17.1 Å². The van der Waals surface area contributed by atoms with Gasteiger partial charge in [0.05, 0.1) is 27.3 Å². The number of hydrogen-bond acceptors (Lipinski definition) is 4. The Morgan fingerprint density at radius 3 is 2.66 bits per heavy atom. The van der Waals surface area contributed by atoms with Crippen LogP contribution >= 0.6 is 45.2 Å². The smallest absolute Gasteiger partial charge is 0.174 e. The Morgan fingerprint density at radius 2 is 1.94 bits per heavy atom. The molecular formula is C24H16FI2N3O2. The van der Waals surface area contributed by atoms with Gasteiger partial charge >= 0.3 is 0 Å². The van der Waals surface area contributed by atoms with E-state index in [0.717, 1.165) is 18.3 Å². The highest BCUT2D eigenvalue weighted by atomic mass is 127. The number of ether oxygens (including phenoxy) is 2. The number of aromatic amines is 1. The fraction of sp³-hybridized carbons (Fsp3) is 0.0833. The predicted octanol–water partition coefficient (Wildman–Crippen LogP) is 6.56. The van der Waals surface area contributed by atoms with Crippen LogP contribution in [0.2, 0.25) is 0 Å². The number of fused-ring (bicyclic) bond motifs is 1. The Balaban J connectivity index is 1.63. The standard InChI is InChI=1S/C24H16FI2N3O2/c1-31-22-10-15(9-19(27)23(22)32-13-14-2-5-18(26)6-3-14)8-16(12-28)24-29-20-7-4-17(25)11-21(20)30-24/h2-11H,13H2,1H3,(H,29,30)/b16-8-. The molecule has 3 aromatic carbocycles. The molecule has 4 aromatic rings. The molecular weight excluding hydrogens is 635 g/mol. The largest absolute Gasteiger partial charge is 0.493 e. The van der Waals surface area contributed by atoms with Crippen LogP contribution in [0.25, 0.3) is 22.7 Å². The molecule has 5 nitrogen and oxygen atoms in total. The van der Waals surface area contributed by atoms with Gasteiger partial charge < -0.3 is 14.5 Å². The molecule has 1 N–H and O–H groups in total. The highest BCUT2D eigenvalue weighted by Crippen LogP contribution is 2.35. The van der Waals surface area contributed by atoms with E-state index in [4.69, 9.17) is 9.47 Å². The van der Waals surface area contributed by atoms with Crippen molar-refractivity contribution in [2.75, 3.05) is 7.11 Å². The van der Waals surface area contributed by atoms with Crippen LogP contribution in [-0.2, 0) is 6.61 Å². The van der Waals surface area contributed by atoms with Crippen molar-refractivity contribution in [1.29, 1.82) is 5.26 Å². The van der Waals surface area contributed by atoms with Gasteiger partial charge in [-0.1, -0.05) is 12.1 Å². The molecule has 0 saturated carbocycles. The normalized spacial score (nSPS) is 11.4. The van der Waals surface area contributed by atoms with Gasteiger partial charge in [-0.3, -0.25) is 0 Å². The highest BCUT2D eigenvalue weighted by Gasteiger charge is 2.14. The lowest BCUT2D eigenvalue weighted by atomic mass is 10.1. The first-order valence-corrected chi connectivity index (χ1v) is 11.6. The summed E-state index contributed by atoms with van der Waals surface area (Å²) in [6.45, 7) is 0.414. The number of rotatable bonds is 6. The lowest BCUT2D eigenvalue weighted by molar-refractivity contribution is 0.282. The number of nitrogens with one attached hydrogen (secondary N) is 1. The van der Waals surface area contributed by atoms with Gasteiger partial charge in [0.1, 0.15) is 24.3 Å². The van der Waals surface area contributed by atoms with Crippen LogP contribution in [0.3, 0.4) is 0 Å². The van der Waals surface area contributed by atoms with E-state index in [1.807, 2.05) is 36.4 Å². The number of methoxy groups -OCH3 is 1. The van der Waals surface area contributed by atoms with E-state index in [9.17, 15) is 9.65 Å². The second-order valence-electron chi connectivity index (χ2n) is 6.87. The van der Waals surface area contributed by atoms with E-state index in [1.54, 1.807) is 19.3 Å². The summed E-state index contributed by atoms with van der Waals surface area (Å²) in [4.78, 5) is 7.41. The molecule has 0 amide bonds. The molecule has 0 aliphatic rings. The average Bonchev–Trinajstić information content (AvgIpc) is 3.20. The van der Waals surface area contributed by atoms with Crippen LogP contribution in [0.4, 0.5) is 4.39 Å². The van der Waals surface area contributed by atoms with Crippen molar-refractivity contribution in [1.82, 2.24) is 9.97 Å². The zero-order valence-corrected chi connectivity index (χ0v) is 21.1. The van der Waals surface area contributed by atoms with Crippen LogP contribution in [0.15, 0.2) is 54.6 Å². The lowest BCUT2D eigenvalue weighted by Gasteiger charge is -2.14. The fourth-order valence-electron chi connectivity index (χ4n) is 3.13. The maximum atomic E-state index is 13.5. The van der Waals surface area contributed by atoms with Gasteiger partial charge in [0.2, 0.25) is 0 Å². The molecule has 0 atom stereocenters. The molecule has 8 heteroatoms. The molecule has 0 bridgehead atoms. The first kappa shape index (κ1) is 22.5. The van der Waals surface area contributed by atoms with Gasteiger partial charge in [0.25, 0.3) is 0 Å². The second kappa shape index (κ2) is 9.87. The van der Waals surface area contributed by atoms with E-state index in [1.165, 1.54) is 12.1 Å². The van der Waals surface area contributed by atoms with Crippen molar-refractivity contribution >= 4 is 67.9 Å². The van der Waals surface area contributed by atoms with E-state index in [2.05, 4.69) is 61.2 Å². The molecule has 4 rings (SSSR count). The number of aromatic nitrogens is 2. The van der Waals surface area contributed by atoms with Crippen molar-refractivity contribution in [3.8, 4) is 17.6 Å². The number of allylic oxidation sites excluding steroid dienone is 1. The predicted molar refractivity (Wildman–Crippen MR) is 139 cm³/mol. The van der Waals surface area contributed by atoms with Gasteiger partial charge in [0.15, 0.2) is 11.5 Å². The number of benzene rings is 3. The summed E-state index contributed by atoms with van der Waals surface area (Å²) in [5, 5.41) is 9.69. The third kappa shape index (κ3) is 5.05. The molecule has 0 saturated heterocycles. The van der Waals surface area contributed by atoms with Crippen molar-refractivity contribution in [3.63, 3.8) is 0 Å². The maximum absolute atomic E-state index is 13.5. The Morgan fingerprint density at radius 1 is 1.16 bits per heavy atom. The zero-order chi connectivity index (χ0) is 22.7. The molecule has 0 unspecified atom stereocenters. The third-order valence-electron chi connectivity index (χ3n) is 4.68. The van der Waals surface area contributed by atoms with E-state index >= 15 is 0 Å². The van der Waals surface area contributed by atoms with Crippen molar-refractivity contribution in [2.24, 2.45) is 0 Å². The molecule has 0 radical (unpaired) electrons. The van der Waals surface area contributed by atoms with Gasteiger partial charge in [-0.25, -0.2) is 9.37 Å². The number of halogens is 3. The van der Waals surface area contributed by atoms with E-state index < -0.39 is 0 Å².